The second-order valence-corrected chi connectivity index (χ2v) is 7.26. The first-order valence-corrected chi connectivity index (χ1v) is 8.60. The number of hydrogen-bond acceptors (Lipinski definition) is 5. The normalized spacial score (nSPS) is 11.8. The minimum absolute atomic E-state index is 0.00364. The fourth-order valence-electron chi connectivity index (χ4n) is 2.52. The number of aryl methyl sites for hydroxylation is 2. The van der Waals surface area contributed by atoms with Crippen LogP contribution in [0.5, 0.6) is 0 Å². The molecule has 0 aliphatic carbocycles. The van der Waals surface area contributed by atoms with Gasteiger partial charge in [0, 0.05) is 6.42 Å². The van der Waals surface area contributed by atoms with E-state index in [-0.39, 0.29) is 5.91 Å². The SMILES string of the molecule is Cc1ccc(CCCC(=O)NC(C)(C)c2noc(CN(C)C)n2)cc1. The Kier molecular flexibility index (Phi) is 6.31. The average Bonchev–Trinajstić information content (AvgIpc) is 2.97. The molecule has 1 N–H and O–H groups in total. The zero-order valence-electron chi connectivity index (χ0n) is 15.8. The molecule has 6 heteroatoms. The number of rotatable bonds is 8. The fraction of sp³-hybridized carbons (Fsp3) is 0.526. The summed E-state index contributed by atoms with van der Waals surface area (Å²) < 4.78 is 5.24. The van der Waals surface area contributed by atoms with Crippen molar-refractivity contribution in [2.24, 2.45) is 0 Å². The standard InChI is InChI=1S/C19H28N4O2/c1-14-9-11-15(12-10-14)7-6-8-16(24)21-19(2,3)18-20-17(25-22-18)13-23(4)5/h9-12H,6-8,13H2,1-5H3,(H,21,24). The summed E-state index contributed by atoms with van der Waals surface area (Å²) in [5.74, 6) is 1.04. The first kappa shape index (κ1) is 19.1. The monoisotopic (exact) mass is 344 g/mol. The van der Waals surface area contributed by atoms with E-state index in [0.717, 1.165) is 12.8 Å². The van der Waals surface area contributed by atoms with Gasteiger partial charge in [0.1, 0.15) is 0 Å². The number of benzene rings is 1. The maximum atomic E-state index is 12.3. The van der Waals surface area contributed by atoms with E-state index in [9.17, 15) is 4.79 Å². The molecule has 0 aliphatic rings. The van der Waals surface area contributed by atoms with Gasteiger partial charge in [-0.15, -0.1) is 0 Å². The van der Waals surface area contributed by atoms with E-state index < -0.39 is 5.54 Å². The van der Waals surface area contributed by atoms with Crippen LogP contribution in [0.3, 0.4) is 0 Å². The fourth-order valence-corrected chi connectivity index (χ4v) is 2.52. The summed E-state index contributed by atoms with van der Waals surface area (Å²) in [6.45, 7) is 6.42. The van der Waals surface area contributed by atoms with Gasteiger partial charge in [-0.1, -0.05) is 35.0 Å². The van der Waals surface area contributed by atoms with Crippen LogP contribution in [0.4, 0.5) is 0 Å². The van der Waals surface area contributed by atoms with Crippen LogP contribution in [0, 0.1) is 6.92 Å². The molecule has 25 heavy (non-hydrogen) atoms. The summed E-state index contributed by atoms with van der Waals surface area (Å²) in [5, 5.41) is 7.00. The number of amides is 1. The Labute approximate surface area is 149 Å². The molecule has 2 rings (SSSR count). The number of hydrogen-bond donors (Lipinski definition) is 1. The van der Waals surface area contributed by atoms with Crippen LogP contribution in [0.1, 0.15) is 49.5 Å². The lowest BCUT2D eigenvalue weighted by Gasteiger charge is -2.22. The highest BCUT2D eigenvalue weighted by Gasteiger charge is 2.28. The zero-order chi connectivity index (χ0) is 18.4. The molecular weight excluding hydrogens is 316 g/mol. The molecule has 1 heterocycles. The molecule has 1 aromatic carbocycles. The second kappa shape index (κ2) is 8.25. The van der Waals surface area contributed by atoms with Gasteiger partial charge >= 0.3 is 0 Å². The van der Waals surface area contributed by atoms with Gasteiger partial charge in [0.2, 0.25) is 11.8 Å². The van der Waals surface area contributed by atoms with E-state index in [0.29, 0.717) is 24.7 Å². The van der Waals surface area contributed by atoms with E-state index in [1.54, 1.807) is 0 Å². The Morgan fingerprint density at radius 1 is 1.24 bits per heavy atom. The van der Waals surface area contributed by atoms with Gasteiger partial charge in [-0.05, 0) is 53.3 Å². The van der Waals surface area contributed by atoms with E-state index in [1.165, 1.54) is 11.1 Å². The molecule has 136 valence electrons. The van der Waals surface area contributed by atoms with Crippen LogP contribution in [0.25, 0.3) is 0 Å². The molecule has 2 aromatic rings. The highest BCUT2D eigenvalue weighted by Crippen LogP contribution is 2.17. The maximum Gasteiger partial charge on any atom is 0.240 e. The van der Waals surface area contributed by atoms with Gasteiger partial charge in [-0.25, -0.2) is 0 Å². The van der Waals surface area contributed by atoms with Crippen LogP contribution >= 0.6 is 0 Å². The van der Waals surface area contributed by atoms with E-state index >= 15 is 0 Å². The molecule has 0 spiro atoms. The summed E-state index contributed by atoms with van der Waals surface area (Å²) in [5.41, 5.74) is 1.84. The highest BCUT2D eigenvalue weighted by atomic mass is 16.5. The van der Waals surface area contributed by atoms with Crippen LogP contribution in [-0.4, -0.2) is 35.0 Å². The molecule has 0 saturated heterocycles. The van der Waals surface area contributed by atoms with Crippen molar-refractivity contribution < 1.29 is 9.32 Å². The summed E-state index contributed by atoms with van der Waals surface area (Å²) in [6.07, 6.45) is 2.17. The van der Waals surface area contributed by atoms with Crippen molar-refractivity contribution in [3.63, 3.8) is 0 Å². The van der Waals surface area contributed by atoms with Crippen molar-refractivity contribution in [3.05, 3.63) is 47.1 Å². The largest absolute Gasteiger partial charge is 0.344 e. The van der Waals surface area contributed by atoms with Gasteiger partial charge in [-0.3, -0.25) is 4.79 Å². The molecule has 6 nitrogen and oxygen atoms in total. The van der Waals surface area contributed by atoms with Gasteiger partial charge in [0.25, 0.3) is 0 Å². The number of nitrogens with zero attached hydrogens (tertiary/aromatic N) is 3. The van der Waals surface area contributed by atoms with Crippen LogP contribution in [-0.2, 0) is 23.3 Å². The minimum Gasteiger partial charge on any atom is -0.344 e. The molecule has 0 aliphatic heterocycles. The van der Waals surface area contributed by atoms with Crippen molar-refractivity contribution in [3.8, 4) is 0 Å². The molecular formula is C19H28N4O2. The van der Waals surface area contributed by atoms with Crippen LogP contribution in [0.15, 0.2) is 28.8 Å². The molecule has 1 aromatic heterocycles. The lowest BCUT2D eigenvalue weighted by atomic mass is 10.0. The predicted octanol–water partition coefficient (Wildman–Crippen LogP) is 2.81. The van der Waals surface area contributed by atoms with Gasteiger partial charge < -0.3 is 14.7 Å². The summed E-state index contributed by atoms with van der Waals surface area (Å²) in [6, 6.07) is 8.42. The number of aromatic nitrogens is 2. The first-order valence-electron chi connectivity index (χ1n) is 8.60. The maximum absolute atomic E-state index is 12.3. The Hall–Kier alpha value is -2.21. The lowest BCUT2D eigenvalue weighted by molar-refractivity contribution is -0.123. The average molecular weight is 344 g/mol. The smallest absolute Gasteiger partial charge is 0.240 e. The third-order valence-corrected chi connectivity index (χ3v) is 3.92. The molecule has 0 fully saturated rings. The highest BCUT2D eigenvalue weighted by molar-refractivity contribution is 5.76. The van der Waals surface area contributed by atoms with Gasteiger partial charge in [0.05, 0.1) is 12.1 Å². The first-order chi connectivity index (χ1) is 11.8. The summed E-state index contributed by atoms with van der Waals surface area (Å²) >= 11 is 0. The molecule has 1 amide bonds. The molecule has 0 unspecified atom stereocenters. The number of carbonyl (C=O) groups is 1. The van der Waals surface area contributed by atoms with E-state index in [2.05, 4.69) is 46.6 Å². The predicted molar refractivity (Wildman–Crippen MR) is 97.0 cm³/mol. The third kappa shape index (κ3) is 5.98. The molecule has 0 atom stereocenters. The lowest BCUT2D eigenvalue weighted by Crippen LogP contribution is -2.41. The van der Waals surface area contributed by atoms with E-state index in [4.69, 9.17) is 4.52 Å². The second-order valence-electron chi connectivity index (χ2n) is 7.26. The topological polar surface area (TPSA) is 71.3 Å². The zero-order valence-corrected chi connectivity index (χ0v) is 15.8. The van der Waals surface area contributed by atoms with Crippen LogP contribution in [0.2, 0.25) is 0 Å². The molecule has 0 saturated carbocycles. The molecule has 0 radical (unpaired) electrons. The third-order valence-electron chi connectivity index (χ3n) is 3.92. The minimum atomic E-state index is -0.658. The van der Waals surface area contributed by atoms with Crippen molar-refractivity contribution in [2.75, 3.05) is 14.1 Å². The Bertz CT molecular complexity index is 690. The molecule has 0 bridgehead atoms. The van der Waals surface area contributed by atoms with Gasteiger partial charge in [0.15, 0.2) is 5.82 Å². The van der Waals surface area contributed by atoms with Crippen LogP contribution < -0.4 is 5.32 Å². The van der Waals surface area contributed by atoms with Gasteiger partial charge in [-0.2, -0.15) is 4.98 Å². The van der Waals surface area contributed by atoms with E-state index in [1.807, 2.05) is 32.8 Å². The van der Waals surface area contributed by atoms with Crippen molar-refractivity contribution >= 4 is 5.91 Å². The summed E-state index contributed by atoms with van der Waals surface area (Å²) in [7, 11) is 3.87. The quantitative estimate of drug-likeness (QED) is 0.797. The summed E-state index contributed by atoms with van der Waals surface area (Å²) in [4.78, 5) is 18.6. The van der Waals surface area contributed by atoms with Crippen molar-refractivity contribution in [1.29, 1.82) is 0 Å². The van der Waals surface area contributed by atoms with Crippen molar-refractivity contribution in [1.82, 2.24) is 20.4 Å². The number of carbonyl (C=O) groups excluding carboxylic acids is 1. The Balaban J connectivity index is 1.83. The Morgan fingerprint density at radius 3 is 2.56 bits per heavy atom. The van der Waals surface area contributed by atoms with Crippen molar-refractivity contribution in [2.45, 2.75) is 52.1 Å². The Morgan fingerprint density at radius 2 is 1.92 bits per heavy atom. The number of nitrogens with one attached hydrogen (secondary N) is 1.